The third-order valence-electron chi connectivity index (χ3n) is 5.18. The highest BCUT2D eigenvalue weighted by Crippen LogP contribution is 2.39. The average molecular weight is 403 g/mol. The van der Waals surface area contributed by atoms with Gasteiger partial charge in [0.1, 0.15) is 18.1 Å². The van der Waals surface area contributed by atoms with Crippen molar-refractivity contribution in [2.45, 2.75) is 33.7 Å². The summed E-state index contributed by atoms with van der Waals surface area (Å²) in [5.74, 6) is 1.12. The van der Waals surface area contributed by atoms with Gasteiger partial charge in [0, 0.05) is 16.9 Å². The normalized spacial score (nSPS) is 15.4. The number of hydrogen-bond acceptors (Lipinski definition) is 5. The van der Waals surface area contributed by atoms with E-state index in [2.05, 4.69) is 20.7 Å². The van der Waals surface area contributed by atoms with Gasteiger partial charge in [-0.3, -0.25) is 4.79 Å². The number of rotatable bonds is 5. The predicted molar refractivity (Wildman–Crippen MR) is 117 cm³/mol. The molecule has 4 rings (SSSR count). The van der Waals surface area contributed by atoms with E-state index in [1.807, 2.05) is 70.2 Å². The highest BCUT2D eigenvalue weighted by molar-refractivity contribution is 6.06. The van der Waals surface area contributed by atoms with Gasteiger partial charge in [0.15, 0.2) is 0 Å². The summed E-state index contributed by atoms with van der Waals surface area (Å²) in [6, 6.07) is 13.2. The second-order valence-corrected chi connectivity index (χ2v) is 7.34. The molecule has 0 fully saturated rings. The first-order valence-corrected chi connectivity index (χ1v) is 9.97. The molecule has 154 valence electrons. The van der Waals surface area contributed by atoms with Crippen LogP contribution in [0.4, 0.5) is 11.6 Å². The molecule has 0 bridgehead atoms. The first kappa shape index (κ1) is 19.7. The maximum absolute atomic E-state index is 13.5. The molecule has 1 atom stereocenters. The van der Waals surface area contributed by atoms with Crippen LogP contribution < -0.4 is 15.4 Å². The van der Waals surface area contributed by atoms with Crippen molar-refractivity contribution in [1.82, 2.24) is 14.8 Å². The summed E-state index contributed by atoms with van der Waals surface area (Å²) in [5.41, 5.74) is 5.10. The Bertz CT molecular complexity index is 1130. The number of aryl methyl sites for hydroxylation is 2. The molecule has 0 aliphatic carbocycles. The number of carbonyl (C=O) groups excluding carboxylic acids is 1. The van der Waals surface area contributed by atoms with Crippen LogP contribution in [0.5, 0.6) is 5.75 Å². The van der Waals surface area contributed by atoms with Crippen LogP contribution in [0.15, 0.2) is 60.1 Å². The molecule has 3 aromatic rings. The minimum absolute atomic E-state index is 0.190. The molecule has 1 aliphatic heterocycles. The summed E-state index contributed by atoms with van der Waals surface area (Å²) in [7, 11) is 0. The van der Waals surface area contributed by atoms with Gasteiger partial charge < -0.3 is 15.4 Å². The number of anilines is 2. The summed E-state index contributed by atoms with van der Waals surface area (Å²) in [4.78, 5) is 17.8. The van der Waals surface area contributed by atoms with Gasteiger partial charge in [-0.05, 0) is 45.4 Å². The standard InChI is InChI=1S/C23H25N5O2/c1-5-30-19-9-7-6-8-17(19)21-20(16(4)26-23-24-13-25-28(21)23)22(29)27-18-11-10-14(2)12-15(18)3/h6-13,21H,5H2,1-4H3,(H,27,29)(H,24,25,26)/t21-/m1/s1. The second kappa shape index (κ2) is 8.02. The first-order valence-electron chi connectivity index (χ1n) is 9.97. The van der Waals surface area contributed by atoms with E-state index in [0.717, 1.165) is 33.8 Å². The average Bonchev–Trinajstić information content (AvgIpc) is 3.18. The fourth-order valence-electron chi connectivity index (χ4n) is 3.81. The van der Waals surface area contributed by atoms with Crippen molar-refractivity contribution in [3.05, 3.63) is 76.8 Å². The quantitative estimate of drug-likeness (QED) is 0.667. The van der Waals surface area contributed by atoms with E-state index in [1.54, 1.807) is 4.68 Å². The van der Waals surface area contributed by atoms with Crippen molar-refractivity contribution in [1.29, 1.82) is 0 Å². The molecule has 1 aliphatic rings. The van der Waals surface area contributed by atoms with E-state index in [0.29, 0.717) is 18.1 Å². The number of nitrogens with zero attached hydrogens (tertiary/aromatic N) is 3. The molecule has 7 heteroatoms. The highest BCUT2D eigenvalue weighted by atomic mass is 16.5. The Morgan fingerprint density at radius 2 is 2.00 bits per heavy atom. The van der Waals surface area contributed by atoms with Crippen molar-refractivity contribution in [2.24, 2.45) is 0 Å². The summed E-state index contributed by atoms with van der Waals surface area (Å²) >= 11 is 0. The molecule has 0 saturated carbocycles. The van der Waals surface area contributed by atoms with Gasteiger partial charge in [0.25, 0.3) is 5.91 Å². The Kier molecular flexibility index (Phi) is 5.27. The third-order valence-corrected chi connectivity index (χ3v) is 5.18. The van der Waals surface area contributed by atoms with E-state index in [4.69, 9.17) is 4.74 Å². The molecule has 30 heavy (non-hydrogen) atoms. The van der Waals surface area contributed by atoms with Gasteiger partial charge in [-0.1, -0.05) is 35.9 Å². The number of para-hydroxylation sites is 1. The van der Waals surface area contributed by atoms with E-state index in [-0.39, 0.29) is 5.91 Å². The third kappa shape index (κ3) is 3.54. The lowest BCUT2D eigenvalue weighted by Crippen LogP contribution is -2.32. The number of hydrogen-bond donors (Lipinski definition) is 2. The van der Waals surface area contributed by atoms with Gasteiger partial charge in [-0.25, -0.2) is 4.68 Å². The van der Waals surface area contributed by atoms with E-state index in [9.17, 15) is 4.79 Å². The van der Waals surface area contributed by atoms with Crippen molar-refractivity contribution >= 4 is 17.5 Å². The Morgan fingerprint density at radius 1 is 1.20 bits per heavy atom. The van der Waals surface area contributed by atoms with Crippen molar-refractivity contribution in [3.63, 3.8) is 0 Å². The molecular formula is C23H25N5O2. The number of benzene rings is 2. The Morgan fingerprint density at radius 3 is 2.77 bits per heavy atom. The summed E-state index contributed by atoms with van der Waals surface area (Å²) in [6.07, 6.45) is 1.48. The minimum Gasteiger partial charge on any atom is -0.494 e. The zero-order valence-corrected chi connectivity index (χ0v) is 17.6. The maximum atomic E-state index is 13.5. The van der Waals surface area contributed by atoms with Crippen LogP contribution >= 0.6 is 0 Å². The number of nitrogens with one attached hydrogen (secondary N) is 2. The van der Waals surface area contributed by atoms with Crippen molar-refractivity contribution in [3.8, 4) is 5.75 Å². The van der Waals surface area contributed by atoms with E-state index < -0.39 is 6.04 Å². The zero-order chi connectivity index (χ0) is 21.3. The Balaban J connectivity index is 1.79. The van der Waals surface area contributed by atoms with Gasteiger partial charge in [0.2, 0.25) is 5.95 Å². The summed E-state index contributed by atoms with van der Waals surface area (Å²) in [6.45, 7) is 8.36. The molecule has 0 saturated heterocycles. The molecule has 0 unspecified atom stereocenters. The molecular weight excluding hydrogens is 378 g/mol. The zero-order valence-electron chi connectivity index (χ0n) is 17.6. The van der Waals surface area contributed by atoms with Crippen LogP contribution in [0, 0.1) is 13.8 Å². The number of ether oxygens (including phenoxy) is 1. The van der Waals surface area contributed by atoms with Crippen molar-refractivity contribution in [2.75, 3.05) is 17.2 Å². The number of aromatic nitrogens is 3. The largest absolute Gasteiger partial charge is 0.494 e. The molecule has 0 spiro atoms. The Hall–Kier alpha value is -3.61. The van der Waals surface area contributed by atoms with Crippen LogP contribution in [-0.2, 0) is 4.79 Å². The fraction of sp³-hybridized carbons (Fsp3) is 0.261. The lowest BCUT2D eigenvalue weighted by molar-refractivity contribution is -0.113. The van der Waals surface area contributed by atoms with E-state index >= 15 is 0 Å². The van der Waals surface area contributed by atoms with Crippen LogP contribution in [0.3, 0.4) is 0 Å². The molecule has 0 radical (unpaired) electrons. The van der Waals surface area contributed by atoms with Gasteiger partial charge in [-0.15, -0.1) is 0 Å². The molecule has 2 N–H and O–H groups in total. The number of allylic oxidation sites excluding steroid dienone is 1. The SMILES string of the molecule is CCOc1ccccc1[C@@H]1C(C(=O)Nc2ccc(C)cc2C)=C(C)Nc2ncnn21. The van der Waals surface area contributed by atoms with Crippen LogP contribution in [0.2, 0.25) is 0 Å². The van der Waals surface area contributed by atoms with Crippen LogP contribution in [0.1, 0.15) is 36.6 Å². The predicted octanol–water partition coefficient (Wildman–Crippen LogP) is 4.22. The topological polar surface area (TPSA) is 81.1 Å². The molecule has 2 aromatic carbocycles. The highest BCUT2D eigenvalue weighted by Gasteiger charge is 2.35. The smallest absolute Gasteiger partial charge is 0.255 e. The fourth-order valence-corrected chi connectivity index (χ4v) is 3.81. The molecule has 7 nitrogen and oxygen atoms in total. The van der Waals surface area contributed by atoms with E-state index in [1.165, 1.54) is 6.33 Å². The minimum atomic E-state index is -0.461. The van der Waals surface area contributed by atoms with Crippen LogP contribution in [-0.4, -0.2) is 27.3 Å². The number of carbonyl (C=O) groups is 1. The van der Waals surface area contributed by atoms with Gasteiger partial charge in [0.05, 0.1) is 12.2 Å². The summed E-state index contributed by atoms with van der Waals surface area (Å²) in [5, 5.41) is 10.7. The molecule has 2 heterocycles. The maximum Gasteiger partial charge on any atom is 0.255 e. The number of amides is 1. The van der Waals surface area contributed by atoms with Gasteiger partial charge in [-0.2, -0.15) is 10.1 Å². The number of fused-ring (bicyclic) bond motifs is 1. The monoisotopic (exact) mass is 403 g/mol. The lowest BCUT2D eigenvalue weighted by atomic mass is 9.94. The second-order valence-electron chi connectivity index (χ2n) is 7.34. The summed E-state index contributed by atoms with van der Waals surface area (Å²) < 4.78 is 7.58. The Labute approximate surface area is 175 Å². The van der Waals surface area contributed by atoms with Crippen molar-refractivity contribution < 1.29 is 9.53 Å². The molecule has 1 aromatic heterocycles. The van der Waals surface area contributed by atoms with Gasteiger partial charge >= 0.3 is 0 Å². The van der Waals surface area contributed by atoms with Crippen LogP contribution in [0.25, 0.3) is 0 Å². The molecule has 1 amide bonds. The lowest BCUT2D eigenvalue weighted by Gasteiger charge is -2.29. The first-order chi connectivity index (χ1) is 14.5.